The van der Waals surface area contributed by atoms with E-state index in [2.05, 4.69) is 6.92 Å². The molecule has 2 nitrogen and oxygen atoms in total. The van der Waals surface area contributed by atoms with Crippen molar-refractivity contribution in [2.24, 2.45) is 5.92 Å². The third-order valence-corrected chi connectivity index (χ3v) is 3.62. The first-order chi connectivity index (χ1) is 7.84. The van der Waals surface area contributed by atoms with Crippen molar-refractivity contribution in [2.45, 2.75) is 70.8 Å². The highest BCUT2D eigenvalue weighted by Gasteiger charge is 2.22. The van der Waals surface area contributed by atoms with Crippen LogP contribution in [-0.2, 0) is 4.74 Å². The molecule has 1 aliphatic rings. The molecular weight excluding hydrogens is 200 g/mol. The minimum Gasteiger partial charge on any atom is -0.390 e. The van der Waals surface area contributed by atoms with Crippen LogP contribution in [0.5, 0.6) is 0 Å². The maximum atomic E-state index is 9.86. The van der Waals surface area contributed by atoms with Gasteiger partial charge in [-0.2, -0.15) is 0 Å². The first-order valence-electron chi connectivity index (χ1n) is 7.10. The Hall–Kier alpha value is -0.0800. The number of unbranched alkanes of at least 4 members (excludes halogenated alkanes) is 4. The summed E-state index contributed by atoms with van der Waals surface area (Å²) in [6.45, 7) is 3.61. The van der Waals surface area contributed by atoms with Gasteiger partial charge in [-0.15, -0.1) is 0 Å². The van der Waals surface area contributed by atoms with E-state index in [4.69, 9.17) is 4.74 Å². The minimum atomic E-state index is -0.210. The Morgan fingerprint density at radius 1 is 1.12 bits per heavy atom. The van der Waals surface area contributed by atoms with Crippen LogP contribution in [-0.4, -0.2) is 24.4 Å². The standard InChI is InChI=1S/C14H28O2/c1-2-3-4-5-8-11-16-12-14(15)13-9-6-7-10-13/h13-15H,2-12H2,1H3. The summed E-state index contributed by atoms with van der Waals surface area (Å²) in [7, 11) is 0. The average molecular weight is 228 g/mol. The van der Waals surface area contributed by atoms with Crippen LogP contribution < -0.4 is 0 Å². The van der Waals surface area contributed by atoms with Crippen molar-refractivity contribution in [1.82, 2.24) is 0 Å². The number of hydrogen-bond acceptors (Lipinski definition) is 2. The molecule has 0 aromatic rings. The van der Waals surface area contributed by atoms with Gasteiger partial charge < -0.3 is 9.84 Å². The lowest BCUT2D eigenvalue weighted by Gasteiger charge is -2.17. The van der Waals surface area contributed by atoms with Gasteiger partial charge in [-0.05, 0) is 25.2 Å². The maximum absolute atomic E-state index is 9.86. The third-order valence-electron chi connectivity index (χ3n) is 3.62. The highest BCUT2D eigenvalue weighted by Crippen LogP contribution is 2.27. The summed E-state index contributed by atoms with van der Waals surface area (Å²) >= 11 is 0. The molecule has 0 aromatic heterocycles. The molecule has 1 fully saturated rings. The second kappa shape index (κ2) is 9.00. The van der Waals surface area contributed by atoms with E-state index in [1.807, 2.05) is 0 Å². The summed E-state index contributed by atoms with van der Waals surface area (Å²) in [5.74, 6) is 0.514. The van der Waals surface area contributed by atoms with E-state index < -0.39 is 0 Å². The molecule has 2 heteroatoms. The summed E-state index contributed by atoms with van der Waals surface area (Å²) in [5.41, 5.74) is 0. The van der Waals surface area contributed by atoms with Gasteiger partial charge in [0.05, 0.1) is 12.7 Å². The van der Waals surface area contributed by atoms with Gasteiger partial charge in [-0.25, -0.2) is 0 Å². The maximum Gasteiger partial charge on any atom is 0.0801 e. The molecule has 1 atom stereocenters. The molecule has 0 amide bonds. The van der Waals surface area contributed by atoms with Crippen molar-refractivity contribution < 1.29 is 9.84 Å². The summed E-state index contributed by atoms with van der Waals surface area (Å²) in [5, 5.41) is 9.86. The smallest absolute Gasteiger partial charge is 0.0801 e. The van der Waals surface area contributed by atoms with Crippen molar-refractivity contribution in [2.75, 3.05) is 13.2 Å². The number of aliphatic hydroxyl groups excluding tert-OH is 1. The number of aliphatic hydroxyl groups is 1. The second-order valence-electron chi connectivity index (χ2n) is 5.10. The second-order valence-corrected chi connectivity index (χ2v) is 5.10. The average Bonchev–Trinajstić information content (AvgIpc) is 2.81. The predicted molar refractivity (Wildman–Crippen MR) is 67.5 cm³/mol. The van der Waals surface area contributed by atoms with E-state index >= 15 is 0 Å². The lowest BCUT2D eigenvalue weighted by Crippen LogP contribution is -2.23. The normalized spacial score (nSPS) is 19.1. The fraction of sp³-hybridized carbons (Fsp3) is 1.00. The molecule has 0 saturated heterocycles. The van der Waals surface area contributed by atoms with Gasteiger partial charge in [0.25, 0.3) is 0 Å². The van der Waals surface area contributed by atoms with E-state index in [9.17, 15) is 5.11 Å². The number of ether oxygens (including phenoxy) is 1. The Balaban J connectivity index is 1.86. The van der Waals surface area contributed by atoms with Gasteiger partial charge in [0.15, 0.2) is 0 Å². The zero-order valence-corrected chi connectivity index (χ0v) is 10.8. The molecule has 0 bridgehead atoms. The zero-order chi connectivity index (χ0) is 11.6. The Morgan fingerprint density at radius 2 is 1.81 bits per heavy atom. The minimum absolute atomic E-state index is 0.210. The molecular formula is C14H28O2. The summed E-state index contributed by atoms with van der Waals surface area (Å²) < 4.78 is 5.54. The quantitative estimate of drug-likeness (QED) is 0.612. The Kier molecular flexibility index (Phi) is 7.87. The van der Waals surface area contributed by atoms with Gasteiger partial charge in [-0.1, -0.05) is 45.4 Å². The van der Waals surface area contributed by atoms with Gasteiger partial charge in [0.2, 0.25) is 0 Å². The molecule has 16 heavy (non-hydrogen) atoms. The van der Waals surface area contributed by atoms with Crippen molar-refractivity contribution in [3.63, 3.8) is 0 Å². The first kappa shape index (κ1) is 14.0. The van der Waals surface area contributed by atoms with Gasteiger partial charge in [0, 0.05) is 6.61 Å². The highest BCUT2D eigenvalue weighted by molar-refractivity contribution is 4.74. The van der Waals surface area contributed by atoms with E-state index in [0.29, 0.717) is 12.5 Å². The Morgan fingerprint density at radius 3 is 2.50 bits per heavy atom. The van der Waals surface area contributed by atoms with Crippen LogP contribution in [0.25, 0.3) is 0 Å². The molecule has 0 aliphatic heterocycles. The fourth-order valence-electron chi connectivity index (χ4n) is 2.49. The van der Waals surface area contributed by atoms with E-state index in [1.165, 1.54) is 51.4 Å². The van der Waals surface area contributed by atoms with Crippen molar-refractivity contribution >= 4 is 0 Å². The molecule has 96 valence electrons. The largest absolute Gasteiger partial charge is 0.390 e. The third kappa shape index (κ3) is 5.86. The Labute approximate surface area is 100 Å². The summed E-state index contributed by atoms with van der Waals surface area (Å²) in [6.07, 6.45) is 11.1. The molecule has 0 aromatic carbocycles. The van der Waals surface area contributed by atoms with Crippen LogP contribution in [0.4, 0.5) is 0 Å². The molecule has 1 rings (SSSR count). The predicted octanol–water partition coefficient (Wildman–Crippen LogP) is 3.52. The van der Waals surface area contributed by atoms with Gasteiger partial charge in [0.1, 0.15) is 0 Å². The SMILES string of the molecule is CCCCCCCOCC(O)C1CCCC1. The van der Waals surface area contributed by atoms with Gasteiger partial charge >= 0.3 is 0 Å². The molecule has 1 saturated carbocycles. The molecule has 0 radical (unpaired) electrons. The monoisotopic (exact) mass is 228 g/mol. The molecule has 0 heterocycles. The highest BCUT2D eigenvalue weighted by atomic mass is 16.5. The molecule has 0 spiro atoms. The van der Waals surface area contributed by atoms with Crippen molar-refractivity contribution in [3.8, 4) is 0 Å². The Bertz CT molecular complexity index is 153. The van der Waals surface area contributed by atoms with E-state index in [1.54, 1.807) is 0 Å². The van der Waals surface area contributed by atoms with Crippen LogP contribution in [0.3, 0.4) is 0 Å². The van der Waals surface area contributed by atoms with Crippen LogP contribution in [0.1, 0.15) is 64.7 Å². The van der Waals surface area contributed by atoms with Crippen molar-refractivity contribution in [1.29, 1.82) is 0 Å². The van der Waals surface area contributed by atoms with E-state index in [0.717, 1.165) is 13.0 Å². The van der Waals surface area contributed by atoms with Crippen molar-refractivity contribution in [3.05, 3.63) is 0 Å². The van der Waals surface area contributed by atoms with E-state index in [-0.39, 0.29) is 6.10 Å². The zero-order valence-electron chi connectivity index (χ0n) is 10.8. The van der Waals surface area contributed by atoms with Crippen LogP contribution >= 0.6 is 0 Å². The number of hydrogen-bond donors (Lipinski definition) is 1. The topological polar surface area (TPSA) is 29.5 Å². The first-order valence-corrected chi connectivity index (χ1v) is 7.10. The number of rotatable bonds is 9. The molecule has 1 N–H and O–H groups in total. The van der Waals surface area contributed by atoms with Crippen LogP contribution in [0, 0.1) is 5.92 Å². The molecule has 1 unspecified atom stereocenters. The summed E-state index contributed by atoms with van der Waals surface area (Å²) in [6, 6.07) is 0. The van der Waals surface area contributed by atoms with Gasteiger partial charge in [-0.3, -0.25) is 0 Å². The summed E-state index contributed by atoms with van der Waals surface area (Å²) in [4.78, 5) is 0. The van der Waals surface area contributed by atoms with Crippen LogP contribution in [0.2, 0.25) is 0 Å². The van der Waals surface area contributed by atoms with Crippen LogP contribution in [0.15, 0.2) is 0 Å². The lowest BCUT2D eigenvalue weighted by atomic mass is 10.0. The lowest BCUT2D eigenvalue weighted by molar-refractivity contribution is 0.00515. The fourth-order valence-corrected chi connectivity index (χ4v) is 2.49. The molecule has 1 aliphatic carbocycles.